The number of ketones is 2. The smallest absolute Gasteiger partial charge is 0.306 e. The molecule has 6 nitrogen and oxygen atoms in total. The van der Waals surface area contributed by atoms with Gasteiger partial charge in [0.2, 0.25) is 0 Å². The van der Waals surface area contributed by atoms with Gasteiger partial charge in [-0.1, -0.05) is 36.4 Å². The molecule has 1 heterocycles. The molecule has 27 heavy (non-hydrogen) atoms. The standard InChI is InChI=1S/C20H21NO5S/c1-14(22)16(12-15-6-3-2-4-7-15)21-19(24)13-26-20(25)10-9-17(23)18-8-5-11-27-18/h2-8,11,16H,9-10,12-13H2,1H3,(H,21,24). The van der Waals surface area contributed by atoms with Crippen molar-refractivity contribution in [1.82, 2.24) is 5.32 Å². The van der Waals surface area contributed by atoms with Crippen LogP contribution in [-0.4, -0.2) is 36.1 Å². The Morgan fingerprint density at radius 3 is 2.41 bits per heavy atom. The summed E-state index contributed by atoms with van der Waals surface area (Å²) in [6.45, 7) is 0.917. The number of esters is 1. The van der Waals surface area contributed by atoms with Gasteiger partial charge < -0.3 is 10.1 Å². The maximum atomic E-state index is 12.0. The van der Waals surface area contributed by atoms with Gasteiger partial charge in [-0.25, -0.2) is 0 Å². The van der Waals surface area contributed by atoms with Crippen molar-refractivity contribution in [2.24, 2.45) is 0 Å². The summed E-state index contributed by atoms with van der Waals surface area (Å²) in [6.07, 6.45) is 0.306. The number of hydrogen-bond donors (Lipinski definition) is 1. The summed E-state index contributed by atoms with van der Waals surface area (Å²) in [4.78, 5) is 47.9. The van der Waals surface area contributed by atoms with Crippen LogP contribution in [0.1, 0.15) is 35.0 Å². The second kappa shape index (κ2) is 10.4. The van der Waals surface area contributed by atoms with E-state index in [0.29, 0.717) is 11.3 Å². The molecule has 0 saturated heterocycles. The fourth-order valence-electron chi connectivity index (χ4n) is 2.38. The van der Waals surface area contributed by atoms with Crippen molar-refractivity contribution in [3.8, 4) is 0 Å². The molecule has 1 aromatic heterocycles. The van der Waals surface area contributed by atoms with Crippen molar-refractivity contribution in [2.75, 3.05) is 6.61 Å². The van der Waals surface area contributed by atoms with Crippen LogP contribution < -0.4 is 5.32 Å². The molecule has 0 saturated carbocycles. The first-order valence-electron chi connectivity index (χ1n) is 8.51. The molecule has 2 rings (SSSR count). The van der Waals surface area contributed by atoms with Gasteiger partial charge >= 0.3 is 5.97 Å². The third-order valence-electron chi connectivity index (χ3n) is 3.83. The highest BCUT2D eigenvalue weighted by Gasteiger charge is 2.19. The first kappa shape index (κ1) is 20.5. The van der Waals surface area contributed by atoms with Crippen LogP contribution in [0.15, 0.2) is 47.8 Å². The van der Waals surface area contributed by atoms with Crippen molar-refractivity contribution in [3.05, 3.63) is 58.3 Å². The number of carbonyl (C=O) groups excluding carboxylic acids is 4. The average Bonchev–Trinajstić information content (AvgIpc) is 3.19. The summed E-state index contributed by atoms with van der Waals surface area (Å²) in [5.74, 6) is -1.49. The number of rotatable bonds is 10. The van der Waals surface area contributed by atoms with E-state index in [0.717, 1.165) is 5.56 Å². The van der Waals surface area contributed by atoms with E-state index in [1.807, 2.05) is 30.3 Å². The van der Waals surface area contributed by atoms with Crippen LogP contribution in [0, 0.1) is 0 Å². The highest BCUT2D eigenvalue weighted by atomic mass is 32.1. The Morgan fingerprint density at radius 1 is 1.04 bits per heavy atom. The van der Waals surface area contributed by atoms with E-state index in [-0.39, 0.29) is 24.4 Å². The van der Waals surface area contributed by atoms with Gasteiger partial charge in [-0.05, 0) is 30.4 Å². The molecule has 1 aromatic carbocycles. The van der Waals surface area contributed by atoms with E-state index in [2.05, 4.69) is 5.32 Å². The predicted molar refractivity (Wildman–Crippen MR) is 102 cm³/mol. The van der Waals surface area contributed by atoms with Gasteiger partial charge in [0.1, 0.15) is 0 Å². The molecule has 1 unspecified atom stereocenters. The molecule has 0 bridgehead atoms. The lowest BCUT2D eigenvalue weighted by atomic mass is 10.0. The lowest BCUT2D eigenvalue weighted by Gasteiger charge is -2.16. The van der Waals surface area contributed by atoms with Gasteiger partial charge in [0, 0.05) is 6.42 Å². The number of thiophene rings is 1. The van der Waals surface area contributed by atoms with E-state index in [9.17, 15) is 19.2 Å². The first-order chi connectivity index (χ1) is 13.0. The molecule has 0 fully saturated rings. The molecular formula is C20H21NO5S. The number of hydrogen-bond acceptors (Lipinski definition) is 6. The summed E-state index contributed by atoms with van der Waals surface area (Å²) in [5.41, 5.74) is 0.919. The molecule has 0 aliphatic carbocycles. The monoisotopic (exact) mass is 387 g/mol. The van der Waals surface area contributed by atoms with Gasteiger partial charge in [-0.15, -0.1) is 11.3 Å². The Hall–Kier alpha value is -2.80. The second-order valence-corrected chi connectivity index (χ2v) is 6.93. The highest BCUT2D eigenvalue weighted by Crippen LogP contribution is 2.12. The zero-order valence-electron chi connectivity index (χ0n) is 15.0. The molecule has 1 atom stereocenters. The van der Waals surface area contributed by atoms with Crippen LogP contribution in [0.2, 0.25) is 0 Å². The Morgan fingerprint density at radius 2 is 1.78 bits per heavy atom. The first-order valence-corrected chi connectivity index (χ1v) is 9.39. The minimum atomic E-state index is -0.681. The van der Waals surface area contributed by atoms with Crippen molar-refractivity contribution in [3.63, 3.8) is 0 Å². The molecule has 2 aromatic rings. The quantitative estimate of drug-likeness (QED) is 0.500. The summed E-state index contributed by atoms with van der Waals surface area (Å²) in [7, 11) is 0. The normalized spacial score (nSPS) is 11.4. The predicted octanol–water partition coefficient (Wildman–Crippen LogP) is 2.57. The third kappa shape index (κ3) is 7.15. The van der Waals surface area contributed by atoms with Gasteiger partial charge in [-0.2, -0.15) is 0 Å². The Kier molecular flexibility index (Phi) is 7.88. The molecule has 1 N–H and O–H groups in total. The Labute approximate surface area is 161 Å². The van der Waals surface area contributed by atoms with Crippen LogP contribution in [0.4, 0.5) is 0 Å². The minimum absolute atomic E-state index is 0.0328. The van der Waals surface area contributed by atoms with Gasteiger partial charge in [0.05, 0.1) is 17.3 Å². The number of amides is 1. The summed E-state index contributed by atoms with van der Waals surface area (Å²) in [6, 6.07) is 12.1. The summed E-state index contributed by atoms with van der Waals surface area (Å²) >= 11 is 1.31. The number of nitrogens with one attached hydrogen (secondary N) is 1. The topological polar surface area (TPSA) is 89.5 Å². The van der Waals surface area contributed by atoms with E-state index < -0.39 is 24.5 Å². The zero-order valence-corrected chi connectivity index (χ0v) is 15.8. The summed E-state index contributed by atoms with van der Waals surface area (Å²) < 4.78 is 4.89. The van der Waals surface area contributed by atoms with Crippen molar-refractivity contribution >= 4 is 34.8 Å². The number of carbonyl (C=O) groups is 4. The molecule has 0 aliphatic rings. The van der Waals surface area contributed by atoms with Gasteiger partial charge in [-0.3, -0.25) is 19.2 Å². The molecule has 0 spiro atoms. The van der Waals surface area contributed by atoms with Crippen molar-refractivity contribution in [1.29, 1.82) is 0 Å². The van der Waals surface area contributed by atoms with Crippen LogP contribution in [-0.2, 0) is 25.5 Å². The largest absolute Gasteiger partial charge is 0.456 e. The minimum Gasteiger partial charge on any atom is -0.456 e. The second-order valence-electron chi connectivity index (χ2n) is 5.98. The van der Waals surface area contributed by atoms with Gasteiger partial charge in [0.15, 0.2) is 18.2 Å². The molecule has 1 amide bonds. The average molecular weight is 387 g/mol. The molecular weight excluding hydrogens is 366 g/mol. The van der Waals surface area contributed by atoms with Crippen molar-refractivity contribution < 1.29 is 23.9 Å². The molecule has 0 aliphatic heterocycles. The fourth-order valence-corrected chi connectivity index (χ4v) is 3.07. The highest BCUT2D eigenvalue weighted by molar-refractivity contribution is 7.12. The van der Waals surface area contributed by atoms with Crippen molar-refractivity contribution in [2.45, 2.75) is 32.2 Å². The van der Waals surface area contributed by atoms with E-state index in [1.54, 1.807) is 17.5 Å². The lowest BCUT2D eigenvalue weighted by Crippen LogP contribution is -2.43. The number of benzene rings is 1. The third-order valence-corrected chi connectivity index (χ3v) is 4.74. The lowest BCUT2D eigenvalue weighted by molar-refractivity contribution is -0.148. The molecule has 7 heteroatoms. The molecule has 142 valence electrons. The number of ether oxygens (including phenoxy) is 1. The van der Waals surface area contributed by atoms with Crippen LogP contribution in [0.5, 0.6) is 0 Å². The van der Waals surface area contributed by atoms with E-state index in [4.69, 9.17) is 4.74 Å². The zero-order chi connectivity index (χ0) is 19.6. The maximum absolute atomic E-state index is 12.0. The SMILES string of the molecule is CC(=O)C(Cc1ccccc1)NC(=O)COC(=O)CCC(=O)c1cccs1. The maximum Gasteiger partial charge on any atom is 0.306 e. The fraction of sp³-hybridized carbons (Fsp3) is 0.300. The van der Waals surface area contributed by atoms with E-state index in [1.165, 1.54) is 18.3 Å². The molecule has 0 radical (unpaired) electrons. The van der Waals surface area contributed by atoms with E-state index >= 15 is 0 Å². The van der Waals surface area contributed by atoms with Gasteiger partial charge in [0.25, 0.3) is 5.91 Å². The Bertz CT molecular complexity index is 786. The van der Waals surface area contributed by atoms with Crippen LogP contribution >= 0.6 is 11.3 Å². The Balaban J connectivity index is 1.74. The number of Topliss-reactive ketones (excluding diaryl/α,β-unsaturated/α-hetero) is 2. The van der Waals surface area contributed by atoms with Crippen LogP contribution in [0.3, 0.4) is 0 Å². The van der Waals surface area contributed by atoms with Crippen LogP contribution in [0.25, 0.3) is 0 Å². The summed E-state index contributed by atoms with van der Waals surface area (Å²) in [5, 5.41) is 4.37.